The second-order valence-electron chi connectivity index (χ2n) is 12.8. The van der Waals surface area contributed by atoms with Crippen LogP contribution in [0.2, 0.25) is 0 Å². The molecule has 5 heterocycles. The van der Waals surface area contributed by atoms with Gasteiger partial charge in [0.1, 0.15) is 29.6 Å². The van der Waals surface area contributed by atoms with Gasteiger partial charge >= 0.3 is 0 Å². The van der Waals surface area contributed by atoms with E-state index in [4.69, 9.17) is 4.74 Å². The van der Waals surface area contributed by atoms with Gasteiger partial charge in [-0.15, -0.1) is 0 Å². The van der Waals surface area contributed by atoms with E-state index >= 15 is 0 Å². The number of nitrogens with one attached hydrogen (secondary N) is 1. The molecule has 0 bridgehead atoms. The van der Waals surface area contributed by atoms with Crippen molar-refractivity contribution in [2.24, 2.45) is 12.5 Å². The number of likely N-dealkylation sites (N-methyl/N-ethyl adjacent to an activating group) is 1. The van der Waals surface area contributed by atoms with E-state index in [0.717, 1.165) is 12.8 Å². The van der Waals surface area contributed by atoms with E-state index in [0.29, 0.717) is 59.5 Å². The molecule has 2 aliphatic rings. The summed E-state index contributed by atoms with van der Waals surface area (Å²) in [7, 11) is 3.30. The van der Waals surface area contributed by atoms with Crippen LogP contribution in [-0.4, -0.2) is 67.7 Å². The number of hydrogen-bond acceptors (Lipinski definition) is 8. The Morgan fingerprint density at radius 3 is 2.77 bits per heavy atom. The van der Waals surface area contributed by atoms with Crippen LogP contribution >= 0.6 is 0 Å². The van der Waals surface area contributed by atoms with Gasteiger partial charge < -0.3 is 29.2 Å². The van der Waals surface area contributed by atoms with Gasteiger partial charge in [0, 0.05) is 62.5 Å². The second kappa shape index (κ2) is 12.5. The molecule has 1 aliphatic carbocycles. The highest BCUT2D eigenvalue weighted by Crippen LogP contribution is 2.40. The molecule has 47 heavy (non-hydrogen) atoms. The number of pyridine rings is 3. The number of amides is 2. The van der Waals surface area contributed by atoms with Crippen LogP contribution in [-0.2, 0) is 37.8 Å². The van der Waals surface area contributed by atoms with Crippen LogP contribution < -0.4 is 20.5 Å². The zero-order valence-electron chi connectivity index (χ0n) is 27.1. The first kappa shape index (κ1) is 31.7. The van der Waals surface area contributed by atoms with E-state index in [1.807, 2.05) is 6.07 Å². The predicted molar refractivity (Wildman–Crippen MR) is 179 cm³/mol. The largest absolute Gasteiger partial charge is 0.476 e. The van der Waals surface area contributed by atoms with Crippen LogP contribution in [0.25, 0.3) is 11.1 Å². The summed E-state index contributed by atoms with van der Waals surface area (Å²) in [5.74, 6) is 0.775. The van der Waals surface area contributed by atoms with E-state index in [1.54, 1.807) is 61.7 Å². The first-order valence-electron chi connectivity index (χ1n) is 15.6. The lowest BCUT2D eigenvalue weighted by Gasteiger charge is -2.31. The molecule has 0 radical (unpaired) electrons. The minimum Gasteiger partial charge on any atom is -0.476 e. The Hall–Kier alpha value is -5.23. The van der Waals surface area contributed by atoms with Crippen molar-refractivity contribution in [2.75, 3.05) is 37.0 Å². The monoisotopic (exact) mass is 637 g/mol. The average molecular weight is 638 g/mol. The van der Waals surface area contributed by atoms with Crippen LogP contribution in [0.5, 0.6) is 5.88 Å². The highest BCUT2D eigenvalue weighted by molar-refractivity contribution is 6.06. The Morgan fingerprint density at radius 1 is 1.19 bits per heavy atom. The number of carbonyl (C=O) groups is 2. The lowest BCUT2D eigenvalue weighted by Crippen LogP contribution is -2.41. The Morgan fingerprint density at radius 2 is 2.00 bits per heavy atom. The van der Waals surface area contributed by atoms with Crippen molar-refractivity contribution >= 4 is 29.1 Å². The van der Waals surface area contributed by atoms with Gasteiger partial charge in [0.05, 0.1) is 13.2 Å². The van der Waals surface area contributed by atoms with Gasteiger partial charge in [-0.2, -0.15) is 4.98 Å². The topological polar surface area (TPSA) is 135 Å². The minimum atomic E-state index is -0.353. The van der Waals surface area contributed by atoms with Gasteiger partial charge in [0.2, 0.25) is 11.8 Å². The summed E-state index contributed by atoms with van der Waals surface area (Å²) in [5.41, 5.74) is 5.09. The van der Waals surface area contributed by atoms with E-state index in [1.165, 1.54) is 26.8 Å². The molecule has 4 aromatic heterocycles. The maximum absolute atomic E-state index is 13.8. The third kappa shape index (κ3) is 6.16. The SMILES string of the molecule is C=CC(=O)N(C)CCOc1cccc(Nc2cc(-c3ccnc(N4CCn5c(cc6c5CC(C)(C)C6)C4=O)c3CO)cn(C)c2=O)n1. The van der Waals surface area contributed by atoms with E-state index in [-0.39, 0.29) is 41.7 Å². The predicted octanol–water partition coefficient (Wildman–Crippen LogP) is 3.69. The number of nitrogens with zero attached hydrogens (tertiary/aromatic N) is 6. The van der Waals surface area contributed by atoms with Crippen molar-refractivity contribution < 1.29 is 19.4 Å². The molecular weight excluding hydrogens is 598 g/mol. The molecule has 12 heteroatoms. The number of anilines is 3. The number of fused-ring (bicyclic) bond motifs is 3. The molecule has 0 fully saturated rings. The van der Waals surface area contributed by atoms with Gasteiger partial charge in [-0.1, -0.05) is 26.5 Å². The van der Waals surface area contributed by atoms with Crippen LogP contribution in [0.15, 0.2) is 66.2 Å². The molecule has 1 aliphatic heterocycles. The number of aromatic nitrogens is 4. The molecule has 244 valence electrons. The standard InChI is InChI=1S/C35H39N7O5/c1-6-31(44)39(4)14-15-47-30-9-7-8-29(38-30)37-26-16-23(20-40(5)33(26)45)24-10-11-36-32(25(24)21-43)42-13-12-41-27(34(42)46)17-22-18-35(2,3)19-28(22)41/h6-11,16-17,20,43H,1,12-15,18-19,21H2,2-5H3,(H,37,38). The third-order valence-electron chi connectivity index (χ3n) is 8.78. The van der Waals surface area contributed by atoms with Gasteiger partial charge in [0.15, 0.2) is 0 Å². The fourth-order valence-electron chi connectivity index (χ4n) is 6.46. The summed E-state index contributed by atoms with van der Waals surface area (Å²) in [6.45, 7) is 9.29. The van der Waals surface area contributed by atoms with E-state index in [2.05, 4.69) is 40.3 Å². The maximum Gasteiger partial charge on any atom is 0.276 e. The molecule has 2 N–H and O–H groups in total. The highest BCUT2D eigenvalue weighted by Gasteiger charge is 2.37. The summed E-state index contributed by atoms with van der Waals surface area (Å²) in [6, 6.07) is 10.6. The summed E-state index contributed by atoms with van der Waals surface area (Å²) in [5, 5.41) is 13.7. The molecule has 2 amide bonds. The molecule has 0 unspecified atom stereocenters. The summed E-state index contributed by atoms with van der Waals surface area (Å²) in [6.07, 6.45) is 6.43. The van der Waals surface area contributed by atoms with Crippen LogP contribution in [0.3, 0.4) is 0 Å². The lowest BCUT2D eigenvalue weighted by molar-refractivity contribution is -0.125. The fourth-order valence-corrected chi connectivity index (χ4v) is 6.46. The van der Waals surface area contributed by atoms with E-state index in [9.17, 15) is 19.5 Å². The van der Waals surface area contributed by atoms with Crippen LogP contribution in [0, 0.1) is 5.41 Å². The van der Waals surface area contributed by atoms with Crippen LogP contribution in [0.1, 0.15) is 41.2 Å². The first-order chi connectivity index (χ1) is 22.5. The molecule has 12 nitrogen and oxygen atoms in total. The molecule has 0 saturated heterocycles. The zero-order valence-corrected chi connectivity index (χ0v) is 27.1. The molecule has 0 spiro atoms. The lowest BCUT2D eigenvalue weighted by atomic mass is 9.90. The molecule has 0 aromatic carbocycles. The first-order valence-corrected chi connectivity index (χ1v) is 15.6. The highest BCUT2D eigenvalue weighted by atomic mass is 16.5. The summed E-state index contributed by atoms with van der Waals surface area (Å²) < 4.78 is 9.32. The number of aliphatic hydroxyl groups is 1. The van der Waals surface area contributed by atoms with Gasteiger partial charge in [-0.3, -0.25) is 19.3 Å². The van der Waals surface area contributed by atoms with Crippen LogP contribution in [0.4, 0.5) is 17.3 Å². The zero-order chi connectivity index (χ0) is 33.5. The Labute approximate surface area is 272 Å². The van der Waals surface area contributed by atoms with Crippen molar-refractivity contribution in [3.63, 3.8) is 0 Å². The van der Waals surface area contributed by atoms with Crippen molar-refractivity contribution in [3.8, 4) is 17.0 Å². The van der Waals surface area contributed by atoms with Crippen molar-refractivity contribution in [3.05, 3.63) is 94.3 Å². The molecular formula is C35H39N7O5. The average Bonchev–Trinajstić information content (AvgIpc) is 3.54. The quantitative estimate of drug-likeness (QED) is 0.252. The number of hydrogen-bond donors (Lipinski definition) is 2. The molecule has 4 aromatic rings. The molecule has 6 rings (SSSR count). The van der Waals surface area contributed by atoms with E-state index < -0.39 is 0 Å². The van der Waals surface area contributed by atoms with Crippen molar-refractivity contribution in [1.29, 1.82) is 0 Å². The maximum atomic E-state index is 13.8. The normalized spacial score (nSPS) is 14.8. The molecule has 0 atom stereocenters. The fraction of sp³-hybridized carbons (Fsp3) is 0.343. The summed E-state index contributed by atoms with van der Waals surface area (Å²) >= 11 is 0. The Bertz CT molecular complexity index is 1940. The summed E-state index contributed by atoms with van der Waals surface area (Å²) in [4.78, 5) is 50.9. The van der Waals surface area contributed by atoms with Gasteiger partial charge in [0.25, 0.3) is 11.5 Å². The second-order valence-corrected chi connectivity index (χ2v) is 12.8. The van der Waals surface area contributed by atoms with Gasteiger partial charge in [-0.25, -0.2) is 4.98 Å². The number of rotatable bonds is 10. The number of aliphatic hydroxyl groups excluding tert-OH is 1. The number of carbonyl (C=O) groups excluding carboxylic acids is 2. The number of ether oxygens (including phenoxy) is 1. The van der Waals surface area contributed by atoms with Crippen molar-refractivity contribution in [1.82, 2.24) is 24.0 Å². The minimum absolute atomic E-state index is 0.141. The Balaban J connectivity index is 1.26. The van der Waals surface area contributed by atoms with Crippen molar-refractivity contribution in [2.45, 2.75) is 39.8 Å². The molecule has 0 saturated carbocycles. The third-order valence-corrected chi connectivity index (χ3v) is 8.78. The van der Waals surface area contributed by atoms with Gasteiger partial charge in [-0.05, 0) is 59.7 Å². The number of aryl methyl sites for hydroxylation is 1. The Kier molecular flexibility index (Phi) is 8.45. The smallest absolute Gasteiger partial charge is 0.276 e.